The van der Waals surface area contributed by atoms with E-state index in [0.29, 0.717) is 44.3 Å². The number of rotatable bonds is 5. The minimum absolute atomic E-state index is 0.0164. The Labute approximate surface area is 144 Å². The predicted octanol–water partition coefficient (Wildman–Crippen LogP) is 2.46. The van der Waals surface area contributed by atoms with Crippen molar-refractivity contribution < 1.29 is 14.1 Å². The maximum atomic E-state index is 13.5. The Hall–Kier alpha value is -2.74. The predicted molar refractivity (Wildman–Crippen MR) is 91.3 cm³/mol. The van der Waals surface area contributed by atoms with Crippen molar-refractivity contribution in [3.63, 3.8) is 0 Å². The molecule has 0 aliphatic carbocycles. The lowest BCUT2D eigenvalue weighted by atomic mass is 10.1. The number of aromatic nitrogens is 1. The lowest BCUT2D eigenvalue weighted by Gasteiger charge is -2.35. The summed E-state index contributed by atoms with van der Waals surface area (Å²) in [6.07, 6.45) is 1.56. The molecular formula is C17H19FN4O3. The summed E-state index contributed by atoms with van der Waals surface area (Å²) in [5.41, 5.74) is 0.808. The van der Waals surface area contributed by atoms with E-state index in [0.717, 1.165) is 5.56 Å². The van der Waals surface area contributed by atoms with E-state index in [4.69, 9.17) is 4.74 Å². The van der Waals surface area contributed by atoms with Crippen molar-refractivity contribution in [1.29, 1.82) is 0 Å². The van der Waals surface area contributed by atoms with Gasteiger partial charge in [-0.2, -0.15) is 0 Å². The first kappa shape index (κ1) is 17.1. The number of ether oxygens (including phenoxy) is 1. The molecule has 132 valence electrons. The van der Waals surface area contributed by atoms with Crippen LogP contribution < -0.4 is 9.64 Å². The molecule has 1 aromatic heterocycles. The van der Waals surface area contributed by atoms with Gasteiger partial charge < -0.3 is 9.64 Å². The Morgan fingerprint density at radius 1 is 1.28 bits per heavy atom. The molecule has 0 spiro atoms. The number of piperazine rings is 1. The zero-order chi connectivity index (χ0) is 17.8. The third-order valence-electron chi connectivity index (χ3n) is 4.27. The molecular weight excluding hydrogens is 327 g/mol. The van der Waals surface area contributed by atoms with Gasteiger partial charge in [-0.05, 0) is 24.3 Å². The van der Waals surface area contributed by atoms with Crippen LogP contribution in [0.2, 0.25) is 0 Å². The summed E-state index contributed by atoms with van der Waals surface area (Å²) >= 11 is 0. The Balaban J connectivity index is 1.67. The highest BCUT2D eigenvalue weighted by atomic mass is 19.1. The molecule has 3 rings (SSSR count). The van der Waals surface area contributed by atoms with Gasteiger partial charge in [0.2, 0.25) is 5.82 Å². The SMILES string of the molecule is COc1ccc(F)cc1CN1CCN(c2ncccc2[N+](=O)[O-])CC1. The number of benzene rings is 1. The molecule has 0 bridgehead atoms. The molecule has 2 aromatic rings. The molecule has 0 atom stereocenters. The fourth-order valence-electron chi connectivity index (χ4n) is 3.00. The highest BCUT2D eigenvalue weighted by molar-refractivity contribution is 5.57. The number of hydrogen-bond donors (Lipinski definition) is 0. The highest BCUT2D eigenvalue weighted by Crippen LogP contribution is 2.27. The number of anilines is 1. The van der Waals surface area contributed by atoms with Crippen molar-refractivity contribution in [2.75, 3.05) is 38.2 Å². The monoisotopic (exact) mass is 346 g/mol. The lowest BCUT2D eigenvalue weighted by molar-refractivity contribution is -0.384. The number of pyridine rings is 1. The zero-order valence-corrected chi connectivity index (χ0v) is 13.9. The molecule has 1 aromatic carbocycles. The summed E-state index contributed by atoms with van der Waals surface area (Å²) in [5, 5.41) is 11.2. The van der Waals surface area contributed by atoms with E-state index in [2.05, 4.69) is 9.88 Å². The van der Waals surface area contributed by atoms with Crippen LogP contribution in [0.1, 0.15) is 5.56 Å². The minimum Gasteiger partial charge on any atom is -0.496 e. The standard InChI is InChI=1S/C17H19FN4O3/c1-25-16-5-4-14(18)11-13(16)12-20-7-9-21(10-8-20)17-15(22(23)24)3-2-6-19-17/h2-6,11H,7-10,12H2,1H3. The van der Waals surface area contributed by atoms with Crippen LogP contribution in [-0.2, 0) is 6.54 Å². The Morgan fingerprint density at radius 3 is 2.72 bits per heavy atom. The van der Waals surface area contributed by atoms with Gasteiger partial charge in [0.1, 0.15) is 11.6 Å². The van der Waals surface area contributed by atoms with Gasteiger partial charge >= 0.3 is 5.69 Å². The smallest absolute Gasteiger partial charge is 0.311 e. The molecule has 0 N–H and O–H groups in total. The topological polar surface area (TPSA) is 71.7 Å². The summed E-state index contributed by atoms with van der Waals surface area (Å²) < 4.78 is 18.8. The number of hydrogen-bond acceptors (Lipinski definition) is 6. The van der Waals surface area contributed by atoms with Gasteiger partial charge in [0.05, 0.1) is 12.0 Å². The number of methoxy groups -OCH3 is 1. The van der Waals surface area contributed by atoms with Gasteiger partial charge in [0.25, 0.3) is 0 Å². The van der Waals surface area contributed by atoms with Crippen molar-refractivity contribution in [3.8, 4) is 5.75 Å². The van der Waals surface area contributed by atoms with Crippen LogP contribution in [0, 0.1) is 15.9 Å². The van der Waals surface area contributed by atoms with Gasteiger partial charge in [0.15, 0.2) is 0 Å². The lowest BCUT2D eigenvalue weighted by Crippen LogP contribution is -2.46. The van der Waals surface area contributed by atoms with E-state index >= 15 is 0 Å². The molecule has 1 fully saturated rings. The second-order valence-corrected chi connectivity index (χ2v) is 5.82. The van der Waals surface area contributed by atoms with Crippen molar-refractivity contribution >= 4 is 11.5 Å². The highest BCUT2D eigenvalue weighted by Gasteiger charge is 2.25. The van der Waals surface area contributed by atoms with Gasteiger partial charge in [0, 0.05) is 50.6 Å². The first-order valence-corrected chi connectivity index (χ1v) is 7.97. The number of nitrogens with zero attached hydrogens (tertiary/aromatic N) is 4. The van der Waals surface area contributed by atoms with Crippen LogP contribution in [0.4, 0.5) is 15.9 Å². The Bertz CT molecular complexity index is 763. The average Bonchev–Trinajstić information content (AvgIpc) is 2.62. The van der Waals surface area contributed by atoms with Crippen LogP contribution >= 0.6 is 0 Å². The van der Waals surface area contributed by atoms with Crippen LogP contribution in [-0.4, -0.2) is 48.1 Å². The summed E-state index contributed by atoms with van der Waals surface area (Å²) in [7, 11) is 1.56. The second kappa shape index (κ2) is 7.43. The van der Waals surface area contributed by atoms with Gasteiger partial charge in [-0.1, -0.05) is 0 Å². The van der Waals surface area contributed by atoms with E-state index in [1.807, 2.05) is 4.90 Å². The summed E-state index contributed by atoms with van der Waals surface area (Å²) in [6, 6.07) is 7.51. The first-order chi connectivity index (χ1) is 12.1. The normalized spacial score (nSPS) is 15.2. The molecule has 1 aliphatic rings. The van der Waals surface area contributed by atoms with Gasteiger partial charge in [-0.3, -0.25) is 15.0 Å². The molecule has 8 heteroatoms. The molecule has 1 aliphatic heterocycles. The molecule has 7 nitrogen and oxygen atoms in total. The Morgan fingerprint density at radius 2 is 2.04 bits per heavy atom. The van der Waals surface area contributed by atoms with Crippen LogP contribution in [0.25, 0.3) is 0 Å². The molecule has 2 heterocycles. The Kier molecular flexibility index (Phi) is 5.08. The van der Waals surface area contributed by atoms with Gasteiger partial charge in [-0.25, -0.2) is 9.37 Å². The van der Waals surface area contributed by atoms with E-state index in [1.165, 1.54) is 18.2 Å². The van der Waals surface area contributed by atoms with Crippen molar-refractivity contribution in [1.82, 2.24) is 9.88 Å². The van der Waals surface area contributed by atoms with E-state index in [9.17, 15) is 14.5 Å². The van der Waals surface area contributed by atoms with Crippen molar-refractivity contribution in [2.45, 2.75) is 6.54 Å². The van der Waals surface area contributed by atoms with Crippen LogP contribution in [0.3, 0.4) is 0 Å². The zero-order valence-electron chi connectivity index (χ0n) is 13.9. The quantitative estimate of drug-likeness (QED) is 0.612. The minimum atomic E-state index is -0.410. The average molecular weight is 346 g/mol. The maximum absolute atomic E-state index is 13.5. The summed E-state index contributed by atoms with van der Waals surface area (Å²) in [6.45, 7) is 3.21. The summed E-state index contributed by atoms with van der Waals surface area (Å²) in [5.74, 6) is 0.762. The fourth-order valence-corrected chi connectivity index (χ4v) is 3.00. The molecule has 0 amide bonds. The maximum Gasteiger partial charge on any atom is 0.311 e. The molecule has 25 heavy (non-hydrogen) atoms. The van der Waals surface area contributed by atoms with E-state index < -0.39 is 4.92 Å². The largest absolute Gasteiger partial charge is 0.496 e. The van der Waals surface area contributed by atoms with E-state index in [1.54, 1.807) is 25.4 Å². The third kappa shape index (κ3) is 3.85. The van der Waals surface area contributed by atoms with Crippen molar-refractivity contribution in [3.05, 3.63) is 58.0 Å². The van der Waals surface area contributed by atoms with Crippen molar-refractivity contribution in [2.24, 2.45) is 0 Å². The van der Waals surface area contributed by atoms with Crippen LogP contribution in [0.5, 0.6) is 5.75 Å². The molecule has 0 saturated carbocycles. The molecule has 0 unspecified atom stereocenters. The van der Waals surface area contributed by atoms with Crippen LogP contribution in [0.15, 0.2) is 36.5 Å². The second-order valence-electron chi connectivity index (χ2n) is 5.82. The molecule has 0 radical (unpaired) electrons. The summed E-state index contributed by atoms with van der Waals surface area (Å²) in [4.78, 5) is 19.0. The fraction of sp³-hybridized carbons (Fsp3) is 0.353. The van der Waals surface area contributed by atoms with E-state index in [-0.39, 0.29) is 11.5 Å². The number of nitro groups is 1. The first-order valence-electron chi connectivity index (χ1n) is 7.97. The third-order valence-corrected chi connectivity index (χ3v) is 4.27. The molecule has 1 saturated heterocycles. The number of halogens is 1. The van der Waals surface area contributed by atoms with Gasteiger partial charge in [-0.15, -0.1) is 0 Å².